The number of benzene rings is 2. The van der Waals surface area contributed by atoms with Gasteiger partial charge < -0.3 is 10.1 Å². The van der Waals surface area contributed by atoms with Crippen molar-refractivity contribution in [3.05, 3.63) is 71.3 Å². The van der Waals surface area contributed by atoms with E-state index < -0.39 is 0 Å². The first kappa shape index (κ1) is 15.8. The van der Waals surface area contributed by atoms with Crippen molar-refractivity contribution >= 4 is 12.0 Å². The Morgan fingerprint density at radius 2 is 1.86 bits per heavy atom. The Bertz CT molecular complexity index is 645. The maximum atomic E-state index is 11.7. The summed E-state index contributed by atoms with van der Waals surface area (Å²) in [7, 11) is 0. The first-order valence-corrected chi connectivity index (χ1v) is 7.35. The second-order valence-corrected chi connectivity index (χ2v) is 5.20. The third-order valence-electron chi connectivity index (χ3n) is 3.16. The topological polar surface area (TPSA) is 38.3 Å². The van der Waals surface area contributed by atoms with Gasteiger partial charge in [0.15, 0.2) is 0 Å². The molecular formula is C19H21NO2. The van der Waals surface area contributed by atoms with Crippen LogP contribution in [0.25, 0.3) is 6.08 Å². The smallest absolute Gasteiger partial charge is 0.244 e. The molecule has 0 heterocycles. The van der Waals surface area contributed by atoms with Crippen molar-refractivity contribution in [3.63, 3.8) is 0 Å². The fraction of sp³-hybridized carbons (Fsp3) is 0.211. The molecule has 0 saturated carbocycles. The van der Waals surface area contributed by atoms with Gasteiger partial charge in [0, 0.05) is 6.08 Å². The molecule has 114 valence electrons. The van der Waals surface area contributed by atoms with Gasteiger partial charge in [0.2, 0.25) is 5.91 Å². The van der Waals surface area contributed by atoms with E-state index in [0.29, 0.717) is 13.2 Å². The number of carbonyl (C=O) groups excluding carboxylic acids is 1. The van der Waals surface area contributed by atoms with Crippen LogP contribution in [0.4, 0.5) is 0 Å². The maximum Gasteiger partial charge on any atom is 0.244 e. The first-order chi connectivity index (χ1) is 10.6. The largest absolute Gasteiger partial charge is 0.492 e. The van der Waals surface area contributed by atoms with E-state index in [-0.39, 0.29) is 5.91 Å². The van der Waals surface area contributed by atoms with Crippen LogP contribution in [0.3, 0.4) is 0 Å². The van der Waals surface area contributed by atoms with Gasteiger partial charge in [-0.3, -0.25) is 4.79 Å². The van der Waals surface area contributed by atoms with E-state index in [0.717, 1.165) is 11.3 Å². The number of carbonyl (C=O) groups is 1. The molecule has 22 heavy (non-hydrogen) atoms. The summed E-state index contributed by atoms with van der Waals surface area (Å²) in [5.74, 6) is 0.698. The predicted molar refractivity (Wildman–Crippen MR) is 89.9 cm³/mol. The quantitative estimate of drug-likeness (QED) is 0.654. The molecule has 0 saturated heterocycles. The highest BCUT2D eigenvalue weighted by molar-refractivity contribution is 5.91. The average Bonchev–Trinajstić information content (AvgIpc) is 2.51. The van der Waals surface area contributed by atoms with Gasteiger partial charge in [-0.05, 0) is 37.6 Å². The zero-order valence-electron chi connectivity index (χ0n) is 13.0. The molecule has 0 aliphatic carbocycles. The molecule has 0 radical (unpaired) electrons. The molecule has 1 N–H and O–H groups in total. The highest BCUT2D eigenvalue weighted by atomic mass is 16.5. The number of rotatable bonds is 6. The van der Waals surface area contributed by atoms with Crippen LogP contribution >= 0.6 is 0 Å². The standard InChI is InChI=1S/C19H21NO2/c1-15-6-9-18(10-7-15)22-13-12-20-19(21)11-8-17-5-3-4-16(2)14-17/h3-11,14H,12-13H2,1-2H3,(H,20,21)/b11-8+. The van der Waals surface area contributed by atoms with Gasteiger partial charge >= 0.3 is 0 Å². The minimum Gasteiger partial charge on any atom is -0.492 e. The lowest BCUT2D eigenvalue weighted by molar-refractivity contribution is -0.116. The third-order valence-corrected chi connectivity index (χ3v) is 3.16. The Kier molecular flexibility index (Phi) is 5.78. The van der Waals surface area contributed by atoms with Gasteiger partial charge in [-0.15, -0.1) is 0 Å². The Morgan fingerprint density at radius 1 is 1.09 bits per heavy atom. The fourth-order valence-corrected chi connectivity index (χ4v) is 1.98. The third kappa shape index (κ3) is 5.44. The summed E-state index contributed by atoms with van der Waals surface area (Å²) in [5, 5.41) is 2.80. The van der Waals surface area contributed by atoms with Crippen LogP contribution in [-0.2, 0) is 4.79 Å². The lowest BCUT2D eigenvalue weighted by Gasteiger charge is -2.06. The zero-order chi connectivity index (χ0) is 15.8. The Labute approximate surface area is 131 Å². The summed E-state index contributed by atoms with van der Waals surface area (Å²) in [6.45, 7) is 4.99. The van der Waals surface area contributed by atoms with Gasteiger partial charge in [0.1, 0.15) is 12.4 Å². The van der Waals surface area contributed by atoms with E-state index in [2.05, 4.69) is 5.32 Å². The van der Waals surface area contributed by atoms with Crippen LogP contribution in [0.1, 0.15) is 16.7 Å². The molecule has 0 fully saturated rings. The molecule has 0 aliphatic rings. The van der Waals surface area contributed by atoms with Gasteiger partial charge in [-0.25, -0.2) is 0 Å². The molecule has 3 heteroatoms. The van der Waals surface area contributed by atoms with Crippen molar-refractivity contribution in [1.29, 1.82) is 0 Å². The van der Waals surface area contributed by atoms with Crippen LogP contribution in [0, 0.1) is 13.8 Å². The van der Waals surface area contributed by atoms with E-state index in [1.165, 1.54) is 11.1 Å². The van der Waals surface area contributed by atoms with Crippen molar-refractivity contribution in [2.45, 2.75) is 13.8 Å². The highest BCUT2D eigenvalue weighted by Crippen LogP contribution is 2.10. The van der Waals surface area contributed by atoms with E-state index in [9.17, 15) is 4.79 Å². The Hall–Kier alpha value is -2.55. The van der Waals surface area contributed by atoms with Crippen LogP contribution in [0.2, 0.25) is 0 Å². The summed E-state index contributed by atoms with van der Waals surface area (Å²) in [5.41, 5.74) is 3.39. The Balaban J connectivity index is 1.70. The lowest BCUT2D eigenvalue weighted by Crippen LogP contribution is -2.26. The molecule has 2 aromatic carbocycles. The van der Waals surface area contributed by atoms with Crippen LogP contribution in [0.5, 0.6) is 5.75 Å². The highest BCUT2D eigenvalue weighted by Gasteiger charge is 1.97. The zero-order valence-corrected chi connectivity index (χ0v) is 13.0. The summed E-state index contributed by atoms with van der Waals surface area (Å²) in [6, 6.07) is 15.9. The lowest BCUT2D eigenvalue weighted by atomic mass is 10.1. The number of amides is 1. The number of hydrogen-bond donors (Lipinski definition) is 1. The molecule has 0 aromatic heterocycles. The van der Waals surface area contributed by atoms with E-state index in [4.69, 9.17) is 4.74 Å². The van der Waals surface area contributed by atoms with Crippen molar-refractivity contribution in [2.75, 3.05) is 13.2 Å². The molecule has 0 spiro atoms. The van der Waals surface area contributed by atoms with E-state index in [1.807, 2.05) is 68.5 Å². The molecule has 2 aromatic rings. The molecular weight excluding hydrogens is 274 g/mol. The second kappa shape index (κ2) is 8.03. The number of ether oxygens (including phenoxy) is 1. The van der Waals surface area contributed by atoms with Gasteiger partial charge in [-0.2, -0.15) is 0 Å². The van der Waals surface area contributed by atoms with Crippen LogP contribution in [-0.4, -0.2) is 19.1 Å². The molecule has 2 rings (SSSR count). The molecule has 3 nitrogen and oxygen atoms in total. The van der Waals surface area contributed by atoms with Crippen LogP contribution < -0.4 is 10.1 Å². The summed E-state index contributed by atoms with van der Waals surface area (Å²) < 4.78 is 5.55. The minimum atomic E-state index is -0.117. The second-order valence-electron chi connectivity index (χ2n) is 5.20. The van der Waals surface area contributed by atoms with Crippen molar-refractivity contribution < 1.29 is 9.53 Å². The molecule has 0 atom stereocenters. The SMILES string of the molecule is Cc1ccc(OCCNC(=O)/C=C/c2cccc(C)c2)cc1. The molecule has 0 unspecified atom stereocenters. The van der Waals surface area contributed by atoms with E-state index >= 15 is 0 Å². The van der Waals surface area contributed by atoms with Gasteiger partial charge in [0.25, 0.3) is 0 Å². The van der Waals surface area contributed by atoms with E-state index in [1.54, 1.807) is 6.08 Å². The van der Waals surface area contributed by atoms with Gasteiger partial charge in [0.05, 0.1) is 6.54 Å². The minimum absolute atomic E-state index is 0.117. The van der Waals surface area contributed by atoms with Gasteiger partial charge in [-0.1, -0.05) is 47.5 Å². The first-order valence-electron chi connectivity index (χ1n) is 7.35. The number of hydrogen-bond acceptors (Lipinski definition) is 2. The summed E-state index contributed by atoms with van der Waals surface area (Å²) >= 11 is 0. The van der Waals surface area contributed by atoms with Crippen LogP contribution in [0.15, 0.2) is 54.6 Å². The molecule has 0 aliphatic heterocycles. The number of nitrogens with one attached hydrogen (secondary N) is 1. The number of aryl methyl sites for hydroxylation is 2. The Morgan fingerprint density at radius 3 is 2.59 bits per heavy atom. The fourth-order valence-electron chi connectivity index (χ4n) is 1.98. The normalized spacial score (nSPS) is 10.6. The molecule has 1 amide bonds. The van der Waals surface area contributed by atoms with Crippen molar-refractivity contribution in [3.8, 4) is 5.75 Å². The van der Waals surface area contributed by atoms with Crippen molar-refractivity contribution in [2.24, 2.45) is 0 Å². The summed E-state index contributed by atoms with van der Waals surface area (Å²) in [4.78, 5) is 11.7. The maximum absolute atomic E-state index is 11.7. The van der Waals surface area contributed by atoms with Crippen molar-refractivity contribution in [1.82, 2.24) is 5.32 Å². The predicted octanol–water partition coefficient (Wildman–Crippen LogP) is 3.51. The monoisotopic (exact) mass is 295 g/mol. The summed E-state index contributed by atoms with van der Waals surface area (Å²) in [6.07, 6.45) is 3.35. The molecule has 0 bridgehead atoms. The average molecular weight is 295 g/mol.